The molecule has 4 heteroatoms. The summed E-state index contributed by atoms with van der Waals surface area (Å²) in [5, 5.41) is 18.7. The van der Waals surface area contributed by atoms with Gasteiger partial charge in [0.1, 0.15) is 0 Å². The van der Waals surface area contributed by atoms with Gasteiger partial charge in [-0.25, -0.2) is 0 Å². The van der Waals surface area contributed by atoms with Crippen molar-refractivity contribution in [2.75, 3.05) is 13.2 Å². The largest absolute Gasteiger partial charge is 0.394 e. The highest BCUT2D eigenvalue weighted by atomic mass is 28.3. The highest BCUT2D eigenvalue weighted by Crippen LogP contribution is 2.43. The van der Waals surface area contributed by atoms with E-state index >= 15 is 0 Å². The minimum absolute atomic E-state index is 0.0522. The lowest BCUT2D eigenvalue weighted by molar-refractivity contribution is -0.0448. The zero-order valence-corrected chi connectivity index (χ0v) is 11.8. The monoisotopic (exact) mass is 246 g/mol. The second-order valence-electron chi connectivity index (χ2n) is 4.95. The van der Waals surface area contributed by atoms with Crippen molar-refractivity contribution in [1.82, 2.24) is 0 Å². The molecule has 0 aromatic heterocycles. The van der Waals surface area contributed by atoms with Crippen LogP contribution >= 0.6 is 0 Å². The molecule has 1 aliphatic rings. The van der Waals surface area contributed by atoms with Crippen molar-refractivity contribution >= 4 is 8.07 Å². The molecule has 0 amide bonds. The van der Waals surface area contributed by atoms with E-state index < -0.39 is 8.07 Å². The highest BCUT2D eigenvalue weighted by molar-refractivity contribution is 6.82. The Balaban J connectivity index is 2.94. The quantitative estimate of drug-likeness (QED) is 0.704. The number of aliphatic hydroxyl groups excluding tert-OH is 2. The van der Waals surface area contributed by atoms with Crippen molar-refractivity contribution in [1.29, 1.82) is 0 Å². The summed E-state index contributed by atoms with van der Waals surface area (Å²) in [6, 6.07) is 3.45. The Hall–Kier alpha value is 0.0969. The SMILES string of the molecule is CC[Si](CC)(CC)[C@@]1(CO)CC[C@H](CO)O1. The van der Waals surface area contributed by atoms with Crippen LogP contribution in [0.4, 0.5) is 0 Å². The molecule has 1 aliphatic heterocycles. The molecule has 0 saturated carbocycles. The maximum absolute atomic E-state index is 9.79. The first-order valence-corrected chi connectivity index (χ1v) is 9.15. The molecular formula is C12H26O3Si. The van der Waals surface area contributed by atoms with Crippen molar-refractivity contribution in [3.8, 4) is 0 Å². The van der Waals surface area contributed by atoms with E-state index in [0.717, 1.165) is 31.0 Å². The van der Waals surface area contributed by atoms with Gasteiger partial charge < -0.3 is 14.9 Å². The Kier molecular flexibility index (Phi) is 4.98. The third-order valence-corrected chi connectivity index (χ3v) is 11.2. The first-order valence-electron chi connectivity index (χ1n) is 6.53. The van der Waals surface area contributed by atoms with Gasteiger partial charge in [-0.3, -0.25) is 0 Å². The molecule has 0 spiro atoms. The van der Waals surface area contributed by atoms with Crippen molar-refractivity contribution in [3.63, 3.8) is 0 Å². The fourth-order valence-electron chi connectivity index (χ4n) is 3.35. The Morgan fingerprint density at radius 3 is 2.06 bits per heavy atom. The van der Waals surface area contributed by atoms with Crippen LogP contribution in [0.25, 0.3) is 0 Å². The van der Waals surface area contributed by atoms with Gasteiger partial charge in [-0.05, 0) is 12.8 Å². The average molecular weight is 246 g/mol. The number of aliphatic hydroxyl groups is 2. The second kappa shape index (κ2) is 5.62. The van der Waals surface area contributed by atoms with E-state index in [9.17, 15) is 10.2 Å². The van der Waals surface area contributed by atoms with Crippen LogP contribution in [0, 0.1) is 0 Å². The minimum Gasteiger partial charge on any atom is -0.394 e. The molecular weight excluding hydrogens is 220 g/mol. The third-order valence-electron chi connectivity index (χ3n) is 4.72. The predicted molar refractivity (Wildman–Crippen MR) is 68.2 cm³/mol. The third kappa shape index (κ3) is 2.08. The van der Waals surface area contributed by atoms with Crippen LogP contribution < -0.4 is 0 Å². The molecule has 0 bridgehead atoms. The molecule has 1 saturated heterocycles. The fraction of sp³-hybridized carbons (Fsp3) is 1.00. The Morgan fingerprint density at radius 1 is 1.19 bits per heavy atom. The Labute approximate surface area is 99.8 Å². The molecule has 0 radical (unpaired) electrons. The van der Waals surface area contributed by atoms with Crippen molar-refractivity contribution < 1.29 is 14.9 Å². The molecule has 96 valence electrons. The van der Waals surface area contributed by atoms with Gasteiger partial charge in [0.25, 0.3) is 0 Å². The zero-order valence-electron chi connectivity index (χ0n) is 10.8. The molecule has 1 rings (SSSR count). The zero-order chi connectivity index (χ0) is 12.2. The van der Waals surface area contributed by atoms with Gasteiger partial charge in [0.05, 0.1) is 32.6 Å². The number of hydrogen-bond donors (Lipinski definition) is 2. The molecule has 1 fully saturated rings. The van der Waals surface area contributed by atoms with Crippen molar-refractivity contribution in [2.24, 2.45) is 0 Å². The average Bonchev–Trinajstić information content (AvgIpc) is 2.77. The Morgan fingerprint density at radius 2 is 1.75 bits per heavy atom. The number of hydrogen-bond acceptors (Lipinski definition) is 3. The van der Waals surface area contributed by atoms with Gasteiger partial charge in [-0.2, -0.15) is 0 Å². The maximum atomic E-state index is 9.79. The lowest BCUT2D eigenvalue weighted by atomic mass is 10.2. The van der Waals surface area contributed by atoms with Crippen LogP contribution in [0.2, 0.25) is 18.1 Å². The van der Waals surface area contributed by atoms with Gasteiger partial charge >= 0.3 is 0 Å². The fourth-order valence-corrected chi connectivity index (χ4v) is 8.21. The summed E-state index contributed by atoms with van der Waals surface area (Å²) in [5.74, 6) is 0. The second-order valence-corrected chi connectivity index (χ2v) is 10.5. The highest BCUT2D eigenvalue weighted by Gasteiger charge is 2.54. The molecule has 1 heterocycles. The molecule has 0 unspecified atom stereocenters. The lowest BCUT2D eigenvalue weighted by Crippen LogP contribution is -2.60. The summed E-state index contributed by atoms with van der Waals surface area (Å²) in [6.07, 6.45) is 1.77. The van der Waals surface area contributed by atoms with E-state index in [1.54, 1.807) is 0 Å². The van der Waals surface area contributed by atoms with Crippen molar-refractivity contribution in [2.45, 2.75) is 63.1 Å². The Bertz CT molecular complexity index is 210. The van der Waals surface area contributed by atoms with Gasteiger partial charge in [-0.1, -0.05) is 38.9 Å². The van der Waals surface area contributed by atoms with Crippen LogP contribution in [0.1, 0.15) is 33.6 Å². The summed E-state index contributed by atoms with van der Waals surface area (Å²) < 4.78 is 6.05. The van der Waals surface area contributed by atoms with Gasteiger partial charge in [0, 0.05) is 0 Å². The van der Waals surface area contributed by atoms with E-state index in [2.05, 4.69) is 20.8 Å². The number of ether oxygens (including phenoxy) is 1. The van der Waals surface area contributed by atoms with E-state index in [-0.39, 0.29) is 24.5 Å². The van der Waals surface area contributed by atoms with Gasteiger partial charge in [0.2, 0.25) is 0 Å². The lowest BCUT2D eigenvalue weighted by Gasteiger charge is -2.44. The van der Waals surface area contributed by atoms with Crippen LogP contribution in [0.3, 0.4) is 0 Å². The van der Waals surface area contributed by atoms with E-state index in [0.29, 0.717) is 0 Å². The van der Waals surface area contributed by atoms with Crippen molar-refractivity contribution in [3.05, 3.63) is 0 Å². The van der Waals surface area contributed by atoms with Crippen LogP contribution in [-0.4, -0.2) is 42.8 Å². The molecule has 16 heavy (non-hydrogen) atoms. The van der Waals surface area contributed by atoms with E-state index in [1.165, 1.54) is 0 Å². The molecule has 0 aromatic rings. The topological polar surface area (TPSA) is 49.7 Å². The summed E-state index contributed by atoms with van der Waals surface area (Å²) >= 11 is 0. The first kappa shape index (κ1) is 14.2. The molecule has 3 nitrogen and oxygen atoms in total. The van der Waals surface area contributed by atoms with E-state index in [1.807, 2.05) is 0 Å². The first-order chi connectivity index (χ1) is 7.63. The number of rotatable bonds is 6. The molecule has 0 aromatic carbocycles. The summed E-state index contributed by atoms with van der Waals surface area (Å²) in [6.45, 7) is 6.90. The maximum Gasteiger partial charge on any atom is 0.0937 e. The summed E-state index contributed by atoms with van der Waals surface area (Å²) in [4.78, 5) is 0. The smallest absolute Gasteiger partial charge is 0.0937 e. The van der Waals surface area contributed by atoms with Gasteiger partial charge in [0.15, 0.2) is 0 Å². The predicted octanol–water partition coefficient (Wildman–Crippen LogP) is 1.94. The van der Waals surface area contributed by atoms with Crippen LogP contribution in [-0.2, 0) is 4.74 Å². The molecule has 0 aliphatic carbocycles. The van der Waals surface area contributed by atoms with Gasteiger partial charge in [-0.15, -0.1) is 0 Å². The molecule has 2 atom stereocenters. The van der Waals surface area contributed by atoms with E-state index in [4.69, 9.17) is 4.74 Å². The van der Waals surface area contributed by atoms with Crippen LogP contribution in [0.5, 0.6) is 0 Å². The standard InChI is InChI=1S/C12H26O3Si/c1-4-16(5-2,6-3)12(10-14)8-7-11(9-13)15-12/h11,13-14H,4-10H2,1-3H3/t11-,12-/m1/s1. The minimum atomic E-state index is -1.58. The molecule has 2 N–H and O–H groups in total. The summed E-state index contributed by atoms with van der Waals surface area (Å²) in [7, 11) is -1.58. The summed E-state index contributed by atoms with van der Waals surface area (Å²) in [5.41, 5.74) is 0. The van der Waals surface area contributed by atoms with Crippen LogP contribution in [0.15, 0.2) is 0 Å². The normalized spacial score (nSPS) is 30.9.